The van der Waals surface area contributed by atoms with Gasteiger partial charge in [-0.15, -0.1) is 0 Å². The number of rotatable bonds is 6. The van der Waals surface area contributed by atoms with E-state index in [4.69, 9.17) is 0 Å². The molecule has 0 unspecified atom stereocenters. The fraction of sp³-hybridized carbons (Fsp3) is 0.500. The summed E-state index contributed by atoms with van der Waals surface area (Å²) in [4.78, 5) is 0.347. The minimum absolute atomic E-state index is 0.347. The van der Waals surface area contributed by atoms with Gasteiger partial charge in [0, 0.05) is 11.9 Å². The first-order chi connectivity index (χ1) is 7.97. The standard InChI is InChI=1S/C12H18BrNO2S/c1-10-5-6-12(9-11(10)2)17(15,16)14-8-4-3-7-13/h5-6,9,14H,3-4,7-8H2,1-2H3. The fourth-order valence-electron chi connectivity index (χ4n) is 1.39. The predicted molar refractivity (Wildman–Crippen MR) is 74.1 cm³/mol. The Balaban J connectivity index is 2.72. The van der Waals surface area contributed by atoms with Crippen molar-refractivity contribution >= 4 is 26.0 Å². The van der Waals surface area contributed by atoms with Gasteiger partial charge < -0.3 is 0 Å². The molecule has 1 aromatic carbocycles. The molecule has 0 amide bonds. The van der Waals surface area contributed by atoms with Crippen LogP contribution in [0.5, 0.6) is 0 Å². The van der Waals surface area contributed by atoms with Crippen molar-refractivity contribution in [2.45, 2.75) is 31.6 Å². The molecule has 0 aromatic heterocycles. The van der Waals surface area contributed by atoms with Gasteiger partial charge in [-0.25, -0.2) is 13.1 Å². The fourth-order valence-corrected chi connectivity index (χ4v) is 2.95. The number of halogens is 1. The zero-order chi connectivity index (χ0) is 12.9. The Morgan fingerprint density at radius 2 is 1.88 bits per heavy atom. The Kier molecular flexibility index (Phi) is 5.62. The summed E-state index contributed by atoms with van der Waals surface area (Å²) >= 11 is 3.32. The number of unbranched alkanes of at least 4 members (excludes halogenated alkanes) is 1. The topological polar surface area (TPSA) is 46.2 Å². The van der Waals surface area contributed by atoms with Crippen molar-refractivity contribution in [2.75, 3.05) is 11.9 Å². The summed E-state index contributed by atoms with van der Waals surface area (Å²) < 4.78 is 26.5. The second-order valence-electron chi connectivity index (χ2n) is 4.04. The van der Waals surface area contributed by atoms with Crippen molar-refractivity contribution in [1.29, 1.82) is 0 Å². The van der Waals surface area contributed by atoms with Crippen LogP contribution in [-0.2, 0) is 10.0 Å². The molecule has 1 aromatic rings. The highest BCUT2D eigenvalue weighted by Crippen LogP contribution is 2.14. The molecular weight excluding hydrogens is 302 g/mol. The molecule has 0 heterocycles. The van der Waals surface area contributed by atoms with Crippen LogP contribution in [0.15, 0.2) is 23.1 Å². The van der Waals surface area contributed by atoms with Gasteiger partial charge in [-0.05, 0) is 49.9 Å². The second kappa shape index (κ2) is 6.52. The highest BCUT2D eigenvalue weighted by molar-refractivity contribution is 9.09. The quantitative estimate of drug-likeness (QED) is 0.647. The molecule has 0 spiro atoms. The first-order valence-corrected chi connectivity index (χ1v) is 8.21. The average molecular weight is 320 g/mol. The van der Waals surface area contributed by atoms with Crippen LogP contribution in [0.3, 0.4) is 0 Å². The maximum absolute atomic E-state index is 11.9. The molecule has 0 saturated carbocycles. The number of aryl methyl sites for hydroxylation is 2. The van der Waals surface area contributed by atoms with Gasteiger partial charge in [0.1, 0.15) is 0 Å². The van der Waals surface area contributed by atoms with Crippen LogP contribution in [0.4, 0.5) is 0 Å². The minimum atomic E-state index is -3.35. The van der Waals surface area contributed by atoms with Crippen LogP contribution in [-0.4, -0.2) is 20.3 Å². The first kappa shape index (κ1) is 14.7. The molecule has 96 valence electrons. The summed E-state index contributed by atoms with van der Waals surface area (Å²) in [5, 5.41) is 0.901. The van der Waals surface area contributed by atoms with Crippen LogP contribution < -0.4 is 4.72 Å². The van der Waals surface area contributed by atoms with Gasteiger partial charge in [0.2, 0.25) is 10.0 Å². The van der Waals surface area contributed by atoms with E-state index in [1.165, 1.54) is 0 Å². The Labute approximate surface area is 112 Å². The SMILES string of the molecule is Cc1ccc(S(=O)(=O)NCCCCBr)cc1C. The van der Waals surface area contributed by atoms with Crippen molar-refractivity contribution in [3.8, 4) is 0 Å². The first-order valence-electron chi connectivity index (χ1n) is 5.60. The number of sulfonamides is 1. The zero-order valence-corrected chi connectivity index (χ0v) is 12.6. The van der Waals surface area contributed by atoms with Gasteiger partial charge in [0.05, 0.1) is 4.90 Å². The third-order valence-electron chi connectivity index (χ3n) is 2.64. The minimum Gasteiger partial charge on any atom is -0.211 e. The molecule has 17 heavy (non-hydrogen) atoms. The summed E-state index contributed by atoms with van der Waals surface area (Å²) in [7, 11) is -3.35. The van der Waals surface area contributed by atoms with E-state index < -0.39 is 10.0 Å². The molecule has 5 heteroatoms. The second-order valence-corrected chi connectivity index (χ2v) is 6.60. The largest absolute Gasteiger partial charge is 0.240 e. The lowest BCUT2D eigenvalue weighted by molar-refractivity contribution is 0.578. The highest BCUT2D eigenvalue weighted by atomic mass is 79.9. The number of hydrogen-bond donors (Lipinski definition) is 1. The summed E-state index contributed by atoms with van der Waals surface area (Å²) in [6.07, 6.45) is 1.81. The molecule has 1 N–H and O–H groups in total. The van der Waals surface area contributed by atoms with E-state index in [9.17, 15) is 8.42 Å². The van der Waals surface area contributed by atoms with E-state index in [0.29, 0.717) is 11.4 Å². The molecule has 0 atom stereocenters. The lowest BCUT2D eigenvalue weighted by Crippen LogP contribution is -2.25. The van der Waals surface area contributed by atoms with Gasteiger partial charge in [-0.1, -0.05) is 22.0 Å². The van der Waals surface area contributed by atoms with Gasteiger partial charge in [-0.3, -0.25) is 0 Å². The molecule has 0 fully saturated rings. The van der Waals surface area contributed by atoms with Crippen LogP contribution >= 0.6 is 15.9 Å². The molecule has 0 bridgehead atoms. The van der Waals surface area contributed by atoms with E-state index in [1.807, 2.05) is 19.9 Å². The monoisotopic (exact) mass is 319 g/mol. The zero-order valence-electron chi connectivity index (χ0n) is 10.2. The van der Waals surface area contributed by atoms with Crippen molar-refractivity contribution in [3.05, 3.63) is 29.3 Å². The normalized spacial score (nSPS) is 11.7. The van der Waals surface area contributed by atoms with E-state index in [-0.39, 0.29) is 0 Å². The van der Waals surface area contributed by atoms with Gasteiger partial charge in [0.25, 0.3) is 0 Å². The van der Waals surface area contributed by atoms with Crippen LogP contribution in [0.2, 0.25) is 0 Å². The Bertz CT molecular complexity index is 471. The van der Waals surface area contributed by atoms with Gasteiger partial charge in [-0.2, -0.15) is 0 Å². The maximum atomic E-state index is 11.9. The summed E-state index contributed by atoms with van der Waals surface area (Å²) in [6.45, 7) is 4.37. The molecule has 0 saturated heterocycles. The van der Waals surface area contributed by atoms with Crippen molar-refractivity contribution in [3.63, 3.8) is 0 Å². The Morgan fingerprint density at radius 3 is 2.47 bits per heavy atom. The van der Waals surface area contributed by atoms with Gasteiger partial charge in [0.15, 0.2) is 0 Å². The molecular formula is C12H18BrNO2S. The maximum Gasteiger partial charge on any atom is 0.240 e. The van der Waals surface area contributed by atoms with Crippen LogP contribution in [0.1, 0.15) is 24.0 Å². The molecule has 0 aliphatic heterocycles. The Morgan fingerprint density at radius 1 is 1.18 bits per heavy atom. The smallest absolute Gasteiger partial charge is 0.211 e. The molecule has 0 radical (unpaired) electrons. The van der Waals surface area contributed by atoms with Crippen molar-refractivity contribution < 1.29 is 8.42 Å². The van der Waals surface area contributed by atoms with Gasteiger partial charge >= 0.3 is 0 Å². The van der Waals surface area contributed by atoms with E-state index >= 15 is 0 Å². The molecule has 0 aliphatic rings. The molecule has 3 nitrogen and oxygen atoms in total. The van der Waals surface area contributed by atoms with Crippen LogP contribution in [0.25, 0.3) is 0 Å². The number of hydrogen-bond acceptors (Lipinski definition) is 2. The van der Waals surface area contributed by atoms with Crippen molar-refractivity contribution in [1.82, 2.24) is 4.72 Å². The van der Waals surface area contributed by atoms with Crippen LogP contribution in [0, 0.1) is 13.8 Å². The third kappa shape index (κ3) is 4.41. The predicted octanol–water partition coefficient (Wildman–Crippen LogP) is 2.76. The van der Waals surface area contributed by atoms with E-state index in [1.54, 1.807) is 12.1 Å². The summed E-state index contributed by atoms with van der Waals surface area (Å²) in [5.74, 6) is 0. The summed E-state index contributed by atoms with van der Waals surface area (Å²) in [5.41, 5.74) is 2.09. The number of benzene rings is 1. The number of nitrogens with one attached hydrogen (secondary N) is 1. The lowest BCUT2D eigenvalue weighted by Gasteiger charge is -2.08. The van der Waals surface area contributed by atoms with Crippen molar-refractivity contribution in [2.24, 2.45) is 0 Å². The molecule has 1 rings (SSSR count). The lowest BCUT2D eigenvalue weighted by atomic mass is 10.1. The molecule has 0 aliphatic carbocycles. The Hall–Kier alpha value is -0.390. The third-order valence-corrected chi connectivity index (χ3v) is 4.66. The van der Waals surface area contributed by atoms with E-state index in [2.05, 4.69) is 20.7 Å². The average Bonchev–Trinajstić information content (AvgIpc) is 2.28. The summed E-state index contributed by atoms with van der Waals surface area (Å²) in [6, 6.07) is 5.19. The highest BCUT2D eigenvalue weighted by Gasteiger charge is 2.13. The van der Waals surface area contributed by atoms with E-state index in [0.717, 1.165) is 29.3 Å². The number of alkyl halides is 1.